The van der Waals surface area contributed by atoms with E-state index in [4.69, 9.17) is 4.74 Å². The van der Waals surface area contributed by atoms with Crippen LogP contribution in [-0.4, -0.2) is 67.9 Å². The van der Waals surface area contributed by atoms with Gasteiger partial charge in [-0.25, -0.2) is 4.79 Å². The van der Waals surface area contributed by atoms with E-state index in [1.165, 1.54) is 25.9 Å². The molecule has 1 fully saturated rings. The number of carbonyl (C=O) groups is 1. The number of rotatable bonds is 6. The highest BCUT2D eigenvalue weighted by atomic mass is 127. The molecule has 7 nitrogen and oxygen atoms in total. The van der Waals surface area contributed by atoms with Crippen molar-refractivity contribution < 1.29 is 9.53 Å². The first-order valence-corrected chi connectivity index (χ1v) is 9.69. The van der Waals surface area contributed by atoms with Crippen molar-refractivity contribution in [1.82, 2.24) is 20.9 Å². The summed E-state index contributed by atoms with van der Waals surface area (Å²) in [5, 5.41) is 9.51. The van der Waals surface area contributed by atoms with Gasteiger partial charge in [0.05, 0.1) is 5.54 Å². The van der Waals surface area contributed by atoms with Crippen molar-refractivity contribution in [2.75, 3.05) is 39.8 Å². The third kappa shape index (κ3) is 12.3. The average molecular weight is 497 g/mol. The van der Waals surface area contributed by atoms with Crippen LogP contribution in [0.25, 0.3) is 0 Å². The number of hydrogen-bond donors (Lipinski definition) is 3. The molecule has 0 aromatic heterocycles. The van der Waals surface area contributed by atoms with Crippen molar-refractivity contribution >= 4 is 36.0 Å². The summed E-state index contributed by atoms with van der Waals surface area (Å²) in [7, 11) is 1.76. The van der Waals surface area contributed by atoms with Gasteiger partial charge in [-0.2, -0.15) is 0 Å². The molecule has 0 saturated carbocycles. The zero-order chi connectivity index (χ0) is 19.8. The molecule has 1 aliphatic rings. The van der Waals surface area contributed by atoms with Crippen molar-refractivity contribution in [2.45, 2.75) is 65.5 Å². The fourth-order valence-corrected chi connectivity index (χ4v) is 2.97. The van der Waals surface area contributed by atoms with E-state index >= 15 is 0 Å². The fourth-order valence-electron chi connectivity index (χ4n) is 2.97. The monoisotopic (exact) mass is 497 g/mol. The van der Waals surface area contributed by atoms with Crippen LogP contribution in [0.5, 0.6) is 0 Å². The number of hydrogen-bond acceptors (Lipinski definition) is 4. The Bertz CT molecular complexity index is 477. The number of carbonyl (C=O) groups excluding carboxylic acids is 1. The van der Waals surface area contributed by atoms with Crippen LogP contribution in [0.15, 0.2) is 4.99 Å². The zero-order valence-corrected chi connectivity index (χ0v) is 20.5. The smallest absolute Gasteiger partial charge is 0.408 e. The van der Waals surface area contributed by atoms with E-state index in [9.17, 15) is 4.79 Å². The second-order valence-electron chi connectivity index (χ2n) is 8.91. The number of likely N-dealkylation sites (tertiary alicyclic amines) is 1. The van der Waals surface area contributed by atoms with Crippen LogP contribution in [0.1, 0.15) is 54.4 Å². The van der Waals surface area contributed by atoms with Gasteiger partial charge in [0, 0.05) is 33.2 Å². The maximum atomic E-state index is 11.9. The molecule has 0 aromatic rings. The molecule has 0 bridgehead atoms. The summed E-state index contributed by atoms with van der Waals surface area (Å²) >= 11 is 0. The number of aliphatic imine (C=N–C) groups is 1. The van der Waals surface area contributed by atoms with Gasteiger partial charge in [-0.15, -0.1) is 24.0 Å². The molecule has 8 heteroatoms. The van der Waals surface area contributed by atoms with Crippen LogP contribution >= 0.6 is 24.0 Å². The molecule has 0 radical (unpaired) electrons. The molecule has 0 aliphatic carbocycles. The van der Waals surface area contributed by atoms with Gasteiger partial charge in [-0.3, -0.25) is 4.99 Å². The highest BCUT2D eigenvalue weighted by Crippen LogP contribution is 2.14. The second-order valence-corrected chi connectivity index (χ2v) is 8.91. The molecule has 1 unspecified atom stereocenters. The molecule has 160 valence electrons. The molecule has 0 spiro atoms. The van der Waals surface area contributed by atoms with Crippen molar-refractivity contribution in [1.29, 1.82) is 0 Å². The van der Waals surface area contributed by atoms with Crippen LogP contribution in [-0.2, 0) is 4.74 Å². The highest BCUT2D eigenvalue weighted by Gasteiger charge is 2.24. The summed E-state index contributed by atoms with van der Waals surface area (Å²) in [5.41, 5.74) is -0.959. The highest BCUT2D eigenvalue weighted by molar-refractivity contribution is 14.0. The lowest BCUT2D eigenvalue weighted by molar-refractivity contribution is 0.0474. The molecule has 27 heavy (non-hydrogen) atoms. The van der Waals surface area contributed by atoms with Crippen molar-refractivity contribution in [3.8, 4) is 0 Å². The van der Waals surface area contributed by atoms with E-state index < -0.39 is 17.2 Å². The molecule has 1 rings (SSSR count). The van der Waals surface area contributed by atoms with E-state index in [1.54, 1.807) is 7.05 Å². The predicted octanol–water partition coefficient (Wildman–Crippen LogP) is 2.80. The predicted molar refractivity (Wildman–Crippen MR) is 123 cm³/mol. The van der Waals surface area contributed by atoms with Crippen molar-refractivity contribution in [3.05, 3.63) is 0 Å². The minimum atomic E-state index is -0.503. The molecule has 1 heterocycles. The normalized spacial score (nSPS) is 19.1. The number of piperidine rings is 1. The second kappa shape index (κ2) is 11.9. The van der Waals surface area contributed by atoms with Gasteiger partial charge < -0.3 is 25.6 Å². The molecule has 0 aromatic carbocycles. The summed E-state index contributed by atoms with van der Waals surface area (Å²) in [4.78, 5) is 18.7. The fraction of sp³-hybridized carbons (Fsp3) is 0.895. The number of nitrogens with zero attached hydrogens (tertiary/aromatic N) is 2. The Hall–Kier alpha value is -0.770. The summed E-state index contributed by atoms with van der Waals surface area (Å²) in [6.07, 6.45) is 2.22. The van der Waals surface area contributed by atoms with E-state index in [-0.39, 0.29) is 24.0 Å². The lowest BCUT2D eigenvalue weighted by Gasteiger charge is -2.31. The van der Waals surface area contributed by atoms with Crippen molar-refractivity contribution in [3.63, 3.8) is 0 Å². The first kappa shape index (κ1) is 26.2. The molecular weight excluding hydrogens is 457 g/mol. The number of alkyl carbamates (subject to hydrolysis) is 1. The number of halogens is 1. The average Bonchev–Trinajstić information content (AvgIpc) is 2.48. The first-order valence-electron chi connectivity index (χ1n) is 9.69. The maximum absolute atomic E-state index is 11.9. The number of guanidine groups is 1. The molecule has 1 amide bonds. The molecule has 1 aliphatic heterocycles. The van der Waals surface area contributed by atoms with E-state index in [1.807, 2.05) is 34.6 Å². The quantitative estimate of drug-likeness (QED) is 0.299. The van der Waals surface area contributed by atoms with E-state index in [2.05, 4.69) is 32.8 Å². The summed E-state index contributed by atoms with van der Waals surface area (Å²) in [6.45, 7) is 16.6. The molecule has 1 atom stereocenters. The van der Waals surface area contributed by atoms with Gasteiger partial charge in [0.2, 0.25) is 0 Å². The van der Waals surface area contributed by atoms with Crippen LogP contribution in [0.3, 0.4) is 0 Å². The Labute approximate surface area is 182 Å². The van der Waals surface area contributed by atoms with Crippen LogP contribution in [0.2, 0.25) is 0 Å². The summed E-state index contributed by atoms with van der Waals surface area (Å²) in [6, 6.07) is 0. The van der Waals surface area contributed by atoms with Gasteiger partial charge in [0.25, 0.3) is 0 Å². The van der Waals surface area contributed by atoms with Gasteiger partial charge in [-0.1, -0.05) is 6.92 Å². The Kier molecular flexibility index (Phi) is 11.6. The van der Waals surface area contributed by atoms with Gasteiger partial charge in [-0.05, 0) is 59.9 Å². The third-order valence-electron chi connectivity index (χ3n) is 4.22. The third-order valence-corrected chi connectivity index (χ3v) is 4.22. The summed E-state index contributed by atoms with van der Waals surface area (Å²) in [5.74, 6) is 1.54. The van der Waals surface area contributed by atoms with E-state index in [0.717, 1.165) is 25.0 Å². The number of amides is 1. The molecule has 3 N–H and O–H groups in total. The summed E-state index contributed by atoms with van der Waals surface area (Å²) < 4.78 is 5.32. The Balaban J connectivity index is 0.00000676. The topological polar surface area (TPSA) is 78.0 Å². The Morgan fingerprint density at radius 1 is 1.22 bits per heavy atom. The van der Waals surface area contributed by atoms with Gasteiger partial charge in [0.1, 0.15) is 5.60 Å². The minimum Gasteiger partial charge on any atom is -0.444 e. The Morgan fingerprint density at radius 2 is 1.89 bits per heavy atom. The van der Waals surface area contributed by atoms with E-state index in [0.29, 0.717) is 6.54 Å². The SMILES string of the molecule is CN=C(NCCN1CCCC(C)C1)NCC(C)(C)NC(=O)OC(C)(C)C.I. The van der Waals surface area contributed by atoms with Gasteiger partial charge >= 0.3 is 6.09 Å². The first-order chi connectivity index (χ1) is 12.0. The molecule has 1 saturated heterocycles. The Morgan fingerprint density at radius 3 is 2.44 bits per heavy atom. The van der Waals surface area contributed by atoms with Crippen LogP contribution < -0.4 is 16.0 Å². The van der Waals surface area contributed by atoms with Crippen LogP contribution in [0, 0.1) is 5.92 Å². The molecular formula is C19H40IN5O2. The van der Waals surface area contributed by atoms with Gasteiger partial charge in [0.15, 0.2) is 5.96 Å². The number of nitrogens with one attached hydrogen (secondary N) is 3. The largest absolute Gasteiger partial charge is 0.444 e. The van der Waals surface area contributed by atoms with Crippen LogP contribution in [0.4, 0.5) is 4.79 Å². The number of ether oxygens (including phenoxy) is 1. The maximum Gasteiger partial charge on any atom is 0.408 e. The standard InChI is InChI=1S/C19H39N5O2.HI/c1-15-9-8-11-24(13-15)12-10-21-16(20-7)22-14-19(5,6)23-17(25)26-18(2,3)4;/h15H,8-14H2,1-7H3,(H,23,25)(H2,20,21,22);1H. The van der Waals surface area contributed by atoms with Crippen molar-refractivity contribution in [2.24, 2.45) is 10.9 Å². The minimum absolute atomic E-state index is 0. The lowest BCUT2D eigenvalue weighted by Crippen LogP contribution is -2.54. The zero-order valence-electron chi connectivity index (χ0n) is 18.1. The lowest BCUT2D eigenvalue weighted by atomic mass is 10.0.